The monoisotopic (exact) mass is 100 g/mol. The zero-order chi connectivity index (χ0) is 4.41. The highest BCUT2D eigenvalue weighted by Crippen LogP contribution is 2.21. The zero-order valence-corrected chi connectivity index (χ0v) is 4.50. The van der Waals surface area contributed by atoms with Crippen molar-refractivity contribution in [2.24, 2.45) is 5.92 Å². The molecule has 0 aliphatic carbocycles. The van der Waals surface area contributed by atoms with Gasteiger partial charge in [-0.1, -0.05) is 0 Å². The lowest BCUT2D eigenvalue weighted by Gasteiger charge is -1.89. The van der Waals surface area contributed by atoms with Crippen molar-refractivity contribution in [2.45, 2.75) is 6.42 Å². The van der Waals surface area contributed by atoms with Crippen LogP contribution in [0.4, 0.5) is 0 Å². The summed E-state index contributed by atoms with van der Waals surface area (Å²) < 4.78 is 0. The molecule has 1 saturated heterocycles. The van der Waals surface area contributed by atoms with Crippen LogP contribution in [0.25, 0.3) is 0 Å². The third-order valence-corrected chi connectivity index (χ3v) is 2.15. The Hall–Kier alpha value is 0.350. The quantitative estimate of drug-likeness (QED) is 0.444. The average Bonchev–Trinajstić information content (AvgIpc) is 1.86. The third kappa shape index (κ3) is 0.904. The highest BCUT2D eigenvalue weighted by atomic mass is 32.2. The molecular weight excluding hydrogens is 92.1 g/mol. The summed E-state index contributed by atoms with van der Waals surface area (Å²) in [6.45, 7) is 5.51. The first kappa shape index (κ1) is 4.51. The molecule has 0 bridgehead atoms. The highest BCUT2D eigenvalue weighted by Gasteiger charge is 2.08. The van der Waals surface area contributed by atoms with Gasteiger partial charge in [0.15, 0.2) is 0 Å². The molecule has 0 N–H and O–H groups in total. The zero-order valence-electron chi connectivity index (χ0n) is 3.68. The molecule has 0 nitrogen and oxygen atoms in total. The van der Waals surface area contributed by atoms with Crippen LogP contribution in [0.5, 0.6) is 0 Å². The Morgan fingerprint density at radius 3 is 2.67 bits per heavy atom. The van der Waals surface area contributed by atoms with Crippen molar-refractivity contribution in [1.29, 1.82) is 0 Å². The maximum atomic E-state index is 5.51. The minimum Gasteiger partial charge on any atom is -0.162 e. The van der Waals surface area contributed by atoms with Gasteiger partial charge < -0.3 is 0 Å². The summed E-state index contributed by atoms with van der Waals surface area (Å²) in [6.07, 6.45) is 1.23. The van der Waals surface area contributed by atoms with E-state index in [1.54, 1.807) is 0 Å². The average molecular weight is 100 g/mol. The van der Waals surface area contributed by atoms with Gasteiger partial charge in [-0.3, -0.25) is 0 Å². The van der Waals surface area contributed by atoms with E-state index in [0.29, 0.717) is 5.92 Å². The van der Waals surface area contributed by atoms with Crippen LogP contribution in [0.15, 0.2) is 0 Å². The Kier molecular flexibility index (Phi) is 1.41. The highest BCUT2D eigenvalue weighted by molar-refractivity contribution is 7.99. The molecular formula is C5H8S. The summed E-state index contributed by atoms with van der Waals surface area (Å²) >= 11 is 1.96. The predicted octanol–water partition coefficient (Wildman–Crippen LogP) is 1.45. The van der Waals surface area contributed by atoms with Crippen molar-refractivity contribution in [3.63, 3.8) is 0 Å². The van der Waals surface area contributed by atoms with Crippen molar-refractivity contribution < 1.29 is 0 Å². The first-order valence-corrected chi connectivity index (χ1v) is 3.38. The molecule has 0 aromatic carbocycles. The van der Waals surface area contributed by atoms with Gasteiger partial charge in [-0.25, -0.2) is 0 Å². The molecule has 1 atom stereocenters. The second-order valence-electron chi connectivity index (χ2n) is 1.62. The molecule has 1 heteroatoms. The topological polar surface area (TPSA) is 0 Å². The van der Waals surface area contributed by atoms with Gasteiger partial charge >= 0.3 is 0 Å². The minimum atomic E-state index is 0.509. The molecule has 2 radical (unpaired) electrons. The minimum absolute atomic E-state index is 0.509. The van der Waals surface area contributed by atoms with Crippen LogP contribution in [-0.4, -0.2) is 11.5 Å². The van der Waals surface area contributed by atoms with E-state index < -0.39 is 0 Å². The number of rotatable bonds is 0. The Morgan fingerprint density at radius 1 is 1.67 bits per heavy atom. The molecule has 0 aromatic heterocycles. The van der Waals surface area contributed by atoms with Crippen molar-refractivity contribution in [2.75, 3.05) is 11.5 Å². The molecule has 1 heterocycles. The molecule has 0 saturated carbocycles. The van der Waals surface area contributed by atoms with Crippen LogP contribution in [-0.2, 0) is 0 Å². The van der Waals surface area contributed by atoms with Crippen molar-refractivity contribution >= 4 is 11.8 Å². The van der Waals surface area contributed by atoms with Crippen molar-refractivity contribution in [3.8, 4) is 0 Å². The third-order valence-electron chi connectivity index (χ3n) is 0.965. The second kappa shape index (κ2) is 1.87. The molecule has 0 spiro atoms. The van der Waals surface area contributed by atoms with Gasteiger partial charge in [-0.05, 0) is 30.8 Å². The number of hydrogen-bond donors (Lipinski definition) is 0. The Morgan fingerprint density at radius 2 is 2.50 bits per heavy atom. The molecule has 6 heavy (non-hydrogen) atoms. The lowest BCUT2D eigenvalue weighted by atomic mass is 10.2. The van der Waals surface area contributed by atoms with Crippen LogP contribution in [0.2, 0.25) is 0 Å². The van der Waals surface area contributed by atoms with E-state index in [-0.39, 0.29) is 0 Å². The molecule has 1 rings (SSSR count). The fourth-order valence-corrected chi connectivity index (χ4v) is 1.66. The Labute approximate surface area is 43.3 Å². The van der Waals surface area contributed by atoms with E-state index in [1.807, 2.05) is 11.8 Å². The fraction of sp³-hybridized carbons (Fsp3) is 0.800. The van der Waals surface area contributed by atoms with Crippen molar-refractivity contribution in [1.82, 2.24) is 0 Å². The second-order valence-corrected chi connectivity index (χ2v) is 2.77. The Bertz CT molecular complexity index is 37.2. The van der Waals surface area contributed by atoms with Gasteiger partial charge in [0.2, 0.25) is 0 Å². The maximum absolute atomic E-state index is 5.51. The van der Waals surface area contributed by atoms with Gasteiger partial charge in [0.1, 0.15) is 0 Å². The summed E-state index contributed by atoms with van der Waals surface area (Å²) in [4.78, 5) is 0. The van der Waals surface area contributed by atoms with E-state index >= 15 is 0 Å². The predicted molar refractivity (Wildman–Crippen MR) is 29.7 cm³/mol. The molecule has 0 aromatic rings. The maximum Gasteiger partial charge on any atom is -0.00360 e. The van der Waals surface area contributed by atoms with Gasteiger partial charge in [0, 0.05) is 0 Å². The molecule has 1 unspecified atom stereocenters. The molecule has 1 aliphatic heterocycles. The Balaban J connectivity index is 2.18. The lowest BCUT2D eigenvalue weighted by Crippen LogP contribution is -1.86. The standard InChI is InChI=1S/C5H8S/c1-5-2-3-6-4-5/h1,5H,2-4H2. The van der Waals surface area contributed by atoms with Gasteiger partial charge in [0.25, 0.3) is 0 Å². The fourth-order valence-electron chi connectivity index (χ4n) is 0.553. The SMILES string of the molecule is [CH]C1CCSC1. The largest absolute Gasteiger partial charge is 0.162 e. The molecule has 1 aliphatic rings. The summed E-state index contributed by atoms with van der Waals surface area (Å²) in [7, 11) is 0. The van der Waals surface area contributed by atoms with Gasteiger partial charge in [-0.15, -0.1) is 0 Å². The van der Waals surface area contributed by atoms with E-state index in [4.69, 9.17) is 6.92 Å². The van der Waals surface area contributed by atoms with E-state index in [1.165, 1.54) is 17.9 Å². The van der Waals surface area contributed by atoms with Crippen LogP contribution >= 0.6 is 11.8 Å². The summed E-state index contributed by atoms with van der Waals surface area (Å²) in [5, 5.41) is 0. The van der Waals surface area contributed by atoms with Crippen LogP contribution in [0.3, 0.4) is 0 Å². The van der Waals surface area contributed by atoms with Gasteiger partial charge in [-0.2, -0.15) is 11.8 Å². The van der Waals surface area contributed by atoms with E-state index in [9.17, 15) is 0 Å². The summed E-state index contributed by atoms with van der Waals surface area (Å²) in [5.41, 5.74) is 0. The first-order valence-electron chi connectivity index (χ1n) is 2.23. The van der Waals surface area contributed by atoms with Crippen LogP contribution in [0.1, 0.15) is 6.42 Å². The summed E-state index contributed by atoms with van der Waals surface area (Å²) in [5.74, 6) is 2.97. The van der Waals surface area contributed by atoms with Crippen LogP contribution in [0, 0.1) is 12.8 Å². The number of thioether (sulfide) groups is 1. The molecule has 1 fully saturated rings. The summed E-state index contributed by atoms with van der Waals surface area (Å²) in [6, 6.07) is 0. The normalized spacial score (nSPS) is 34.5. The van der Waals surface area contributed by atoms with E-state index in [2.05, 4.69) is 0 Å². The van der Waals surface area contributed by atoms with E-state index in [0.717, 1.165) is 0 Å². The van der Waals surface area contributed by atoms with Crippen molar-refractivity contribution in [3.05, 3.63) is 6.92 Å². The number of hydrogen-bond acceptors (Lipinski definition) is 1. The molecule has 34 valence electrons. The smallest absolute Gasteiger partial charge is 0.00360 e. The molecule has 0 amide bonds. The lowest BCUT2D eigenvalue weighted by molar-refractivity contribution is 0.743. The van der Waals surface area contributed by atoms with Gasteiger partial charge in [0.05, 0.1) is 0 Å². The van der Waals surface area contributed by atoms with Crippen LogP contribution < -0.4 is 0 Å². The first-order chi connectivity index (χ1) is 2.89.